The molecule has 1 N–H and O–H groups in total. The maximum Gasteiger partial charge on any atom is 0.303 e. The largest absolute Gasteiger partial charge is 0.481 e. The monoisotopic (exact) mass is 130 g/mol. The Morgan fingerprint density at radius 1 is 2.00 bits per heavy atom. The molecule has 1 heterocycles. The number of hydrogen-bond donors (Lipinski definition) is 1. The van der Waals surface area contributed by atoms with Crippen LogP contribution in [0.25, 0.3) is 0 Å². The van der Waals surface area contributed by atoms with E-state index in [0.717, 1.165) is 6.61 Å². The summed E-state index contributed by atoms with van der Waals surface area (Å²) in [5, 5.41) is 8.30. The second-order valence-electron chi connectivity index (χ2n) is 2.45. The Morgan fingerprint density at radius 2 is 2.56 bits per heavy atom. The van der Waals surface area contributed by atoms with Crippen LogP contribution in [0.5, 0.6) is 0 Å². The zero-order chi connectivity index (χ0) is 6.85. The average Bonchev–Trinajstić information content (AvgIpc) is 2.40. The molecule has 0 aromatic rings. The molecule has 1 fully saturated rings. The smallest absolute Gasteiger partial charge is 0.303 e. The lowest BCUT2D eigenvalue weighted by Crippen LogP contribution is -2.09. The second kappa shape index (κ2) is 2.35. The minimum atomic E-state index is -0.738. The second-order valence-corrected chi connectivity index (χ2v) is 2.45. The van der Waals surface area contributed by atoms with E-state index in [9.17, 15) is 4.79 Å². The molecule has 0 aromatic heterocycles. The van der Waals surface area contributed by atoms with Crippen molar-refractivity contribution in [3.8, 4) is 0 Å². The van der Waals surface area contributed by atoms with Gasteiger partial charge in [0.25, 0.3) is 0 Å². The van der Waals surface area contributed by atoms with Gasteiger partial charge in [-0.2, -0.15) is 0 Å². The molecule has 3 nitrogen and oxygen atoms in total. The Kier molecular flexibility index (Phi) is 1.71. The van der Waals surface area contributed by atoms with Crippen LogP contribution in [-0.4, -0.2) is 23.8 Å². The van der Waals surface area contributed by atoms with Crippen LogP contribution in [0.4, 0.5) is 0 Å². The van der Waals surface area contributed by atoms with E-state index < -0.39 is 5.97 Å². The van der Waals surface area contributed by atoms with Crippen LogP contribution >= 0.6 is 0 Å². The highest BCUT2D eigenvalue weighted by Crippen LogP contribution is 2.21. The van der Waals surface area contributed by atoms with Crippen LogP contribution in [0.3, 0.4) is 0 Å². The van der Waals surface area contributed by atoms with Gasteiger partial charge in [0.15, 0.2) is 0 Å². The van der Waals surface area contributed by atoms with Crippen LogP contribution < -0.4 is 0 Å². The van der Waals surface area contributed by atoms with Gasteiger partial charge in [-0.05, 0) is 5.92 Å². The van der Waals surface area contributed by atoms with Crippen molar-refractivity contribution in [2.24, 2.45) is 5.92 Å². The van der Waals surface area contributed by atoms with Crippen LogP contribution in [0, 0.1) is 5.92 Å². The molecule has 0 unspecified atom stereocenters. The maximum absolute atomic E-state index is 10.1. The predicted octanol–water partition coefficient (Wildman–Crippen LogP) is 0.496. The van der Waals surface area contributed by atoms with Crippen LogP contribution in [0.15, 0.2) is 0 Å². The van der Waals surface area contributed by atoms with Gasteiger partial charge in [0.1, 0.15) is 0 Å². The molecular formula is C6H10O3. The summed E-state index contributed by atoms with van der Waals surface area (Å²) < 4.78 is 4.91. The minimum absolute atomic E-state index is 0.183. The number of rotatable bonds is 3. The molecule has 0 spiro atoms. The Labute approximate surface area is 53.6 Å². The number of epoxide rings is 1. The van der Waals surface area contributed by atoms with Gasteiger partial charge < -0.3 is 9.84 Å². The average molecular weight is 130 g/mol. The van der Waals surface area contributed by atoms with Crippen molar-refractivity contribution in [2.45, 2.75) is 19.4 Å². The molecular weight excluding hydrogens is 120 g/mol. The lowest BCUT2D eigenvalue weighted by Gasteiger charge is -2.00. The number of carboxylic acids is 1. The molecule has 1 aliphatic rings. The number of ether oxygens (including phenoxy) is 1. The number of aliphatic carboxylic acids is 1. The molecule has 1 saturated heterocycles. The molecule has 0 saturated carbocycles. The molecule has 0 bridgehead atoms. The third-order valence-electron chi connectivity index (χ3n) is 1.49. The fourth-order valence-electron chi connectivity index (χ4n) is 0.791. The van der Waals surface area contributed by atoms with E-state index >= 15 is 0 Å². The van der Waals surface area contributed by atoms with Crippen molar-refractivity contribution in [2.75, 3.05) is 6.61 Å². The predicted molar refractivity (Wildman–Crippen MR) is 31.2 cm³/mol. The quantitative estimate of drug-likeness (QED) is 0.566. The lowest BCUT2D eigenvalue weighted by atomic mass is 10.1. The SMILES string of the molecule is C[C@@H](CC(=O)O)[C@H]1CO1. The molecule has 0 aliphatic carbocycles. The fraction of sp³-hybridized carbons (Fsp3) is 0.833. The number of hydrogen-bond acceptors (Lipinski definition) is 2. The Balaban J connectivity index is 2.17. The molecule has 52 valence electrons. The van der Waals surface area contributed by atoms with Gasteiger partial charge in [-0.3, -0.25) is 4.79 Å². The Bertz CT molecular complexity index is 117. The summed E-state index contributed by atoms with van der Waals surface area (Å²) >= 11 is 0. The third kappa shape index (κ3) is 2.01. The molecule has 1 aliphatic heterocycles. The molecule has 1 rings (SSSR count). The normalized spacial score (nSPS) is 27.4. The fourth-order valence-corrected chi connectivity index (χ4v) is 0.791. The Hall–Kier alpha value is -0.570. The van der Waals surface area contributed by atoms with E-state index in [0.29, 0.717) is 0 Å². The van der Waals surface area contributed by atoms with E-state index in [4.69, 9.17) is 9.84 Å². The molecule has 3 heteroatoms. The van der Waals surface area contributed by atoms with Crippen molar-refractivity contribution < 1.29 is 14.6 Å². The highest BCUT2D eigenvalue weighted by Gasteiger charge is 2.30. The summed E-state index contributed by atoms with van der Waals surface area (Å²) in [4.78, 5) is 10.1. The van der Waals surface area contributed by atoms with E-state index in [1.165, 1.54) is 0 Å². The van der Waals surface area contributed by atoms with Crippen LogP contribution in [0.1, 0.15) is 13.3 Å². The lowest BCUT2D eigenvalue weighted by molar-refractivity contribution is -0.138. The van der Waals surface area contributed by atoms with Crippen LogP contribution in [0.2, 0.25) is 0 Å². The van der Waals surface area contributed by atoms with E-state index in [2.05, 4.69) is 0 Å². The van der Waals surface area contributed by atoms with Crippen molar-refractivity contribution in [3.63, 3.8) is 0 Å². The van der Waals surface area contributed by atoms with Gasteiger partial charge in [0, 0.05) is 0 Å². The number of carboxylic acid groups (broad SMARTS) is 1. The standard InChI is InChI=1S/C6H10O3/c1-4(2-6(7)8)5-3-9-5/h4-5H,2-3H2,1H3,(H,7,8)/t4-,5+/m0/s1. The van der Waals surface area contributed by atoms with Gasteiger partial charge >= 0.3 is 5.97 Å². The van der Waals surface area contributed by atoms with Crippen molar-refractivity contribution >= 4 is 5.97 Å². The van der Waals surface area contributed by atoms with Gasteiger partial charge in [0.2, 0.25) is 0 Å². The summed E-state index contributed by atoms with van der Waals surface area (Å²) in [6.07, 6.45) is 0.450. The maximum atomic E-state index is 10.1. The third-order valence-corrected chi connectivity index (χ3v) is 1.49. The topological polar surface area (TPSA) is 49.8 Å². The first-order chi connectivity index (χ1) is 4.20. The first-order valence-electron chi connectivity index (χ1n) is 3.03. The summed E-state index contributed by atoms with van der Waals surface area (Å²) in [5.41, 5.74) is 0. The minimum Gasteiger partial charge on any atom is -0.481 e. The zero-order valence-electron chi connectivity index (χ0n) is 5.33. The van der Waals surface area contributed by atoms with Gasteiger partial charge in [-0.15, -0.1) is 0 Å². The molecule has 0 amide bonds. The first-order valence-corrected chi connectivity index (χ1v) is 3.03. The molecule has 0 radical (unpaired) electrons. The molecule has 0 aromatic carbocycles. The Morgan fingerprint density at radius 3 is 2.89 bits per heavy atom. The van der Waals surface area contributed by atoms with Crippen molar-refractivity contribution in [3.05, 3.63) is 0 Å². The van der Waals surface area contributed by atoms with Crippen LogP contribution in [-0.2, 0) is 9.53 Å². The van der Waals surface area contributed by atoms with E-state index in [1.807, 2.05) is 6.92 Å². The molecule has 9 heavy (non-hydrogen) atoms. The van der Waals surface area contributed by atoms with E-state index in [1.54, 1.807) is 0 Å². The van der Waals surface area contributed by atoms with E-state index in [-0.39, 0.29) is 18.4 Å². The summed E-state index contributed by atoms with van der Waals surface area (Å²) in [5.74, 6) is -0.555. The molecule has 2 atom stereocenters. The van der Waals surface area contributed by atoms with Gasteiger partial charge in [-0.1, -0.05) is 6.92 Å². The van der Waals surface area contributed by atoms with Gasteiger partial charge in [-0.25, -0.2) is 0 Å². The van der Waals surface area contributed by atoms with Gasteiger partial charge in [0.05, 0.1) is 19.1 Å². The summed E-state index contributed by atoms with van der Waals surface area (Å²) in [6.45, 7) is 2.64. The highest BCUT2D eigenvalue weighted by atomic mass is 16.6. The zero-order valence-corrected chi connectivity index (χ0v) is 5.33. The summed E-state index contributed by atoms with van der Waals surface area (Å²) in [6, 6.07) is 0. The summed E-state index contributed by atoms with van der Waals surface area (Å²) in [7, 11) is 0. The highest BCUT2D eigenvalue weighted by molar-refractivity contribution is 5.67. The van der Waals surface area contributed by atoms with Crippen molar-refractivity contribution in [1.82, 2.24) is 0 Å². The number of carbonyl (C=O) groups is 1. The van der Waals surface area contributed by atoms with Crippen molar-refractivity contribution in [1.29, 1.82) is 0 Å². The first kappa shape index (κ1) is 6.55.